The lowest BCUT2D eigenvalue weighted by Gasteiger charge is -2.07. The van der Waals surface area contributed by atoms with Gasteiger partial charge in [-0.25, -0.2) is 9.37 Å². The molecule has 3 rings (SSSR count). The van der Waals surface area contributed by atoms with E-state index >= 15 is 0 Å². The molecular weight excluding hydrogens is 446 g/mol. The molecule has 1 aromatic heterocycles. The van der Waals surface area contributed by atoms with Gasteiger partial charge in [0, 0.05) is 21.9 Å². The first-order valence-corrected chi connectivity index (χ1v) is 8.31. The van der Waals surface area contributed by atoms with Crippen molar-refractivity contribution in [3.05, 3.63) is 64.5 Å². The second-order valence-corrected chi connectivity index (χ2v) is 6.29. The Morgan fingerprint density at radius 3 is 2.39 bits per heavy atom. The van der Waals surface area contributed by atoms with Gasteiger partial charge in [-0.15, -0.1) is 0 Å². The van der Waals surface area contributed by atoms with Crippen LogP contribution in [0.4, 0.5) is 40.7 Å². The summed E-state index contributed by atoms with van der Waals surface area (Å²) in [5.41, 5.74) is 10.4. The average molecular weight is 460 g/mol. The minimum Gasteiger partial charge on any atom is -0.508 e. The average Bonchev–Trinajstić information content (AvgIpc) is 2.57. The summed E-state index contributed by atoms with van der Waals surface area (Å²) < 4.78 is 49.8. The van der Waals surface area contributed by atoms with Crippen molar-refractivity contribution >= 4 is 39.1 Å². The van der Waals surface area contributed by atoms with Crippen molar-refractivity contribution in [1.29, 1.82) is 0 Å². The molecule has 0 aliphatic rings. The Kier molecular flexibility index (Phi) is 6.62. The SMILES string of the molecule is Nc1cc(Br)cc(C(F)(F)F)c1.Nc1ncc(F)c(Nc2cccc(O)c2)n1. The summed E-state index contributed by atoms with van der Waals surface area (Å²) >= 11 is 2.93. The summed E-state index contributed by atoms with van der Waals surface area (Å²) in [6, 6.07) is 9.53. The molecule has 6 nitrogen and oxygen atoms in total. The van der Waals surface area contributed by atoms with Crippen LogP contribution in [0.25, 0.3) is 0 Å². The minimum absolute atomic E-state index is 0.0240. The smallest absolute Gasteiger partial charge is 0.416 e. The predicted molar refractivity (Wildman–Crippen MR) is 101 cm³/mol. The number of nitrogens with zero attached hydrogens (tertiary/aromatic N) is 2. The molecular formula is C17H14BrF4N5O. The zero-order valence-corrected chi connectivity index (χ0v) is 15.6. The van der Waals surface area contributed by atoms with E-state index in [4.69, 9.17) is 11.5 Å². The van der Waals surface area contributed by atoms with E-state index in [1.807, 2.05) is 0 Å². The summed E-state index contributed by atoms with van der Waals surface area (Å²) in [6.45, 7) is 0. The third-order valence-corrected chi connectivity index (χ3v) is 3.58. The number of aromatic hydroxyl groups is 1. The molecule has 0 fully saturated rings. The number of hydrogen-bond acceptors (Lipinski definition) is 6. The first-order chi connectivity index (χ1) is 13.0. The van der Waals surface area contributed by atoms with Gasteiger partial charge >= 0.3 is 6.18 Å². The first-order valence-electron chi connectivity index (χ1n) is 7.52. The fourth-order valence-corrected chi connectivity index (χ4v) is 2.48. The fourth-order valence-electron chi connectivity index (χ4n) is 1.96. The number of rotatable bonds is 2. The quantitative estimate of drug-likeness (QED) is 0.326. The van der Waals surface area contributed by atoms with E-state index in [0.29, 0.717) is 10.2 Å². The van der Waals surface area contributed by atoms with Crippen molar-refractivity contribution in [3.63, 3.8) is 0 Å². The summed E-state index contributed by atoms with van der Waals surface area (Å²) in [5.74, 6) is -0.591. The van der Waals surface area contributed by atoms with Gasteiger partial charge in [0.25, 0.3) is 0 Å². The lowest BCUT2D eigenvalue weighted by Crippen LogP contribution is -2.05. The molecule has 1 heterocycles. The van der Waals surface area contributed by atoms with E-state index in [9.17, 15) is 22.7 Å². The highest BCUT2D eigenvalue weighted by Crippen LogP contribution is 2.32. The second-order valence-electron chi connectivity index (χ2n) is 5.37. The van der Waals surface area contributed by atoms with Crippen LogP contribution in [-0.2, 0) is 6.18 Å². The summed E-state index contributed by atoms with van der Waals surface area (Å²) in [5, 5.41) is 11.9. The number of phenols is 1. The molecule has 0 aliphatic carbocycles. The number of phenolic OH excluding ortho intramolecular Hbond substituents is 1. The van der Waals surface area contributed by atoms with Gasteiger partial charge in [0.2, 0.25) is 5.95 Å². The molecule has 0 aliphatic heterocycles. The Balaban J connectivity index is 0.000000209. The van der Waals surface area contributed by atoms with Crippen molar-refractivity contribution in [2.24, 2.45) is 0 Å². The molecule has 2 aromatic carbocycles. The molecule has 3 aromatic rings. The maximum Gasteiger partial charge on any atom is 0.416 e. The normalized spacial score (nSPS) is 10.8. The van der Waals surface area contributed by atoms with E-state index in [0.717, 1.165) is 18.3 Å². The standard InChI is InChI=1S/C10H9FN4O.C7H5BrF3N/c11-8-5-13-10(12)15-9(8)14-6-2-1-3-7(16)4-6;8-5-1-4(7(9,10)11)2-6(12)3-5/h1-5,16H,(H3,12,13,14,15);1-3H,12H2. The summed E-state index contributed by atoms with van der Waals surface area (Å²) in [6.07, 6.45) is -3.36. The number of hydrogen-bond donors (Lipinski definition) is 4. The highest BCUT2D eigenvalue weighted by molar-refractivity contribution is 9.10. The van der Waals surface area contributed by atoms with Crippen molar-refractivity contribution in [3.8, 4) is 5.75 Å². The Morgan fingerprint density at radius 1 is 1.07 bits per heavy atom. The van der Waals surface area contributed by atoms with Gasteiger partial charge in [-0.1, -0.05) is 22.0 Å². The van der Waals surface area contributed by atoms with Crippen LogP contribution < -0.4 is 16.8 Å². The largest absolute Gasteiger partial charge is 0.508 e. The zero-order valence-electron chi connectivity index (χ0n) is 14.0. The molecule has 0 saturated heterocycles. The monoisotopic (exact) mass is 459 g/mol. The number of benzene rings is 2. The third kappa shape index (κ3) is 6.27. The topological polar surface area (TPSA) is 110 Å². The summed E-state index contributed by atoms with van der Waals surface area (Å²) in [7, 11) is 0. The maximum atomic E-state index is 13.3. The Hall–Kier alpha value is -3.08. The number of aromatic nitrogens is 2. The molecule has 0 radical (unpaired) electrons. The van der Waals surface area contributed by atoms with Gasteiger partial charge in [-0.05, 0) is 30.3 Å². The Morgan fingerprint density at radius 2 is 1.79 bits per heavy atom. The molecule has 28 heavy (non-hydrogen) atoms. The number of nitrogen functional groups attached to an aromatic ring is 2. The van der Waals surface area contributed by atoms with Crippen LogP contribution in [0.1, 0.15) is 5.56 Å². The number of halogens is 5. The molecule has 0 spiro atoms. The molecule has 0 bridgehead atoms. The van der Waals surface area contributed by atoms with E-state index in [-0.39, 0.29) is 23.2 Å². The van der Waals surface area contributed by atoms with Crippen LogP contribution in [0.2, 0.25) is 0 Å². The number of nitrogens with two attached hydrogens (primary N) is 2. The molecule has 0 unspecified atom stereocenters. The Labute approximate surface area is 165 Å². The summed E-state index contributed by atoms with van der Waals surface area (Å²) in [4.78, 5) is 7.20. The van der Waals surface area contributed by atoms with Crippen LogP contribution in [0.15, 0.2) is 53.1 Å². The lowest BCUT2D eigenvalue weighted by atomic mass is 10.2. The van der Waals surface area contributed by atoms with Crippen molar-refractivity contribution in [2.75, 3.05) is 16.8 Å². The van der Waals surface area contributed by atoms with Crippen LogP contribution in [0.5, 0.6) is 5.75 Å². The number of alkyl halides is 3. The molecule has 0 saturated carbocycles. The number of anilines is 4. The van der Waals surface area contributed by atoms with E-state index in [2.05, 4.69) is 31.2 Å². The molecule has 0 atom stereocenters. The Bertz CT molecular complexity index is 948. The highest BCUT2D eigenvalue weighted by Gasteiger charge is 2.30. The van der Waals surface area contributed by atoms with Crippen molar-refractivity contribution in [2.45, 2.75) is 6.18 Å². The highest BCUT2D eigenvalue weighted by atomic mass is 79.9. The third-order valence-electron chi connectivity index (χ3n) is 3.12. The molecule has 0 amide bonds. The van der Waals surface area contributed by atoms with Crippen LogP contribution in [0.3, 0.4) is 0 Å². The van der Waals surface area contributed by atoms with Gasteiger partial charge in [-0.3, -0.25) is 0 Å². The minimum atomic E-state index is -4.34. The maximum absolute atomic E-state index is 13.3. The predicted octanol–water partition coefficient (Wildman–Crippen LogP) is 4.70. The lowest BCUT2D eigenvalue weighted by molar-refractivity contribution is -0.137. The first kappa shape index (κ1) is 21.2. The van der Waals surface area contributed by atoms with Gasteiger partial charge < -0.3 is 21.9 Å². The van der Waals surface area contributed by atoms with Gasteiger partial charge in [-0.2, -0.15) is 18.2 Å². The molecule has 6 N–H and O–H groups in total. The van der Waals surface area contributed by atoms with Gasteiger partial charge in [0.05, 0.1) is 11.8 Å². The van der Waals surface area contributed by atoms with Crippen molar-refractivity contribution < 1.29 is 22.7 Å². The van der Waals surface area contributed by atoms with E-state index < -0.39 is 17.6 Å². The van der Waals surface area contributed by atoms with Gasteiger partial charge in [0.1, 0.15) is 5.75 Å². The molecule has 148 valence electrons. The van der Waals surface area contributed by atoms with Gasteiger partial charge in [0.15, 0.2) is 11.6 Å². The second kappa shape index (κ2) is 8.74. The fraction of sp³-hybridized carbons (Fsp3) is 0.0588. The van der Waals surface area contributed by atoms with Crippen molar-refractivity contribution in [1.82, 2.24) is 9.97 Å². The molecule has 11 heteroatoms. The van der Waals surface area contributed by atoms with E-state index in [1.54, 1.807) is 12.1 Å². The van der Waals surface area contributed by atoms with Crippen LogP contribution in [0, 0.1) is 5.82 Å². The number of nitrogens with one attached hydrogen (secondary N) is 1. The van der Waals surface area contributed by atoms with Crippen LogP contribution in [-0.4, -0.2) is 15.1 Å². The van der Waals surface area contributed by atoms with E-state index in [1.165, 1.54) is 18.2 Å². The zero-order chi connectivity index (χ0) is 20.9. The van der Waals surface area contributed by atoms with Crippen LogP contribution >= 0.6 is 15.9 Å².